The molecule has 0 fully saturated rings. The summed E-state index contributed by atoms with van der Waals surface area (Å²) in [6, 6.07) is 1.38. The van der Waals surface area contributed by atoms with E-state index in [1.807, 2.05) is 0 Å². The van der Waals surface area contributed by atoms with Crippen LogP contribution in [0.4, 0.5) is 0 Å². The number of hydrogen-bond acceptors (Lipinski definition) is 3. The summed E-state index contributed by atoms with van der Waals surface area (Å²) < 4.78 is 18.8. The fourth-order valence-electron chi connectivity index (χ4n) is 1.33. The predicted octanol–water partition coefficient (Wildman–Crippen LogP) is 2.31. The van der Waals surface area contributed by atoms with E-state index in [0.29, 0.717) is 12.1 Å². The molecule has 0 bridgehead atoms. The first-order valence-electron chi connectivity index (χ1n) is 4.75. The third-order valence-corrected chi connectivity index (χ3v) is 1.69. The lowest BCUT2D eigenvalue weighted by Crippen LogP contribution is -2.36. The first-order valence-corrected chi connectivity index (χ1v) is 7.46. The lowest BCUT2D eigenvalue weighted by atomic mass is 10.2. The van der Waals surface area contributed by atoms with Gasteiger partial charge in [0.1, 0.15) is 0 Å². The molecule has 0 spiro atoms. The van der Waals surface area contributed by atoms with Gasteiger partial charge in [0.25, 0.3) is 0 Å². The molecule has 0 atom stereocenters. The summed E-state index contributed by atoms with van der Waals surface area (Å²) >= 11 is 0. The molecule has 0 heterocycles. The maximum atomic E-state index is 9.40. The van der Waals surface area contributed by atoms with Crippen LogP contribution in [0.3, 0.4) is 0 Å². The average Bonchev–Trinajstić information content (AvgIpc) is 1.81. The fraction of sp³-hybridized carbons (Fsp3) is 1.00. The highest BCUT2D eigenvalue weighted by Crippen LogP contribution is 2.02. The molecule has 0 unspecified atom stereocenters. The van der Waals surface area contributed by atoms with Gasteiger partial charge in [-0.25, -0.2) is 8.42 Å². The van der Waals surface area contributed by atoms with Gasteiger partial charge in [0.05, 0.1) is 6.26 Å². The van der Waals surface area contributed by atoms with E-state index in [-0.39, 0.29) is 0 Å². The Bertz CT molecular complexity index is 209. The number of rotatable bonds is 3. The van der Waals surface area contributed by atoms with E-state index in [2.05, 4.69) is 50.2 Å². The second-order valence-corrected chi connectivity index (χ2v) is 6.74. The van der Waals surface area contributed by atoms with Crippen LogP contribution >= 0.6 is 10.7 Å². The van der Waals surface area contributed by atoms with Gasteiger partial charge in [-0.1, -0.05) is 6.92 Å². The molecule has 0 aliphatic carbocycles. The van der Waals surface area contributed by atoms with E-state index in [0.717, 1.165) is 12.8 Å². The SMILES string of the molecule is CCN(C(C)C)C(C)C.CS(=O)(=O)Cl. The second-order valence-electron chi connectivity index (χ2n) is 3.70. The summed E-state index contributed by atoms with van der Waals surface area (Å²) in [5.41, 5.74) is 0. The minimum Gasteiger partial charge on any atom is -0.299 e. The van der Waals surface area contributed by atoms with E-state index in [1.165, 1.54) is 0 Å². The summed E-state index contributed by atoms with van der Waals surface area (Å²) in [6.45, 7) is 12.3. The Morgan fingerprint density at radius 1 is 1.14 bits per heavy atom. The van der Waals surface area contributed by atoms with Crippen molar-refractivity contribution < 1.29 is 8.42 Å². The van der Waals surface area contributed by atoms with Crippen molar-refractivity contribution in [1.82, 2.24) is 4.90 Å². The van der Waals surface area contributed by atoms with Crippen molar-refractivity contribution in [2.45, 2.75) is 46.7 Å². The Hall–Kier alpha value is 0.200. The van der Waals surface area contributed by atoms with Gasteiger partial charge in [-0.2, -0.15) is 0 Å². The smallest absolute Gasteiger partial charge is 0.229 e. The normalized spacial score (nSPS) is 11.9. The van der Waals surface area contributed by atoms with E-state index < -0.39 is 9.05 Å². The van der Waals surface area contributed by atoms with Crippen molar-refractivity contribution in [1.29, 1.82) is 0 Å². The lowest BCUT2D eigenvalue weighted by molar-refractivity contribution is 0.185. The molecule has 5 heteroatoms. The Labute approximate surface area is 92.9 Å². The van der Waals surface area contributed by atoms with Crippen LogP contribution in [-0.4, -0.2) is 38.2 Å². The predicted molar refractivity (Wildman–Crippen MR) is 63.3 cm³/mol. The summed E-state index contributed by atoms with van der Waals surface area (Å²) in [6.07, 6.45) is 0.925. The van der Waals surface area contributed by atoms with Gasteiger partial charge in [0.15, 0.2) is 0 Å². The van der Waals surface area contributed by atoms with Gasteiger partial charge >= 0.3 is 0 Å². The minimum atomic E-state index is -3.19. The maximum absolute atomic E-state index is 9.40. The van der Waals surface area contributed by atoms with Crippen molar-refractivity contribution in [3.05, 3.63) is 0 Å². The zero-order valence-corrected chi connectivity index (χ0v) is 11.5. The van der Waals surface area contributed by atoms with Crippen molar-refractivity contribution >= 4 is 19.7 Å². The maximum Gasteiger partial charge on any atom is 0.229 e. The molecule has 0 aromatic rings. The van der Waals surface area contributed by atoms with Crippen molar-refractivity contribution in [3.63, 3.8) is 0 Å². The Kier molecular flexibility index (Phi) is 8.89. The highest BCUT2D eigenvalue weighted by Gasteiger charge is 2.08. The highest BCUT2D eigenvalue weighted by atomic mass is 35.7. The number of hydrogen-bond donors (Lipinski definition) is 0. The molecule has 0 aromatic carbocycles. The third-order valence-electron chi connectivity index (χ3n) is 1.69. The van der Waals surface area contributed by atoms with Gasteiger partial charge in [-0.05, 0) is 34.2 Å². The van der Waals surface area contributed by atoms with Crippen molar-refractivity contribution in [2.24, 2.45) is 0 Å². The van der Waals surface area contributed by atoms with E-state index >= 15 is 0 Å². The molecule has 0 aliphatic rings. The van der Waals surface area contributed by atoms with Gasteiger partial charge in [0, 0.05) is 22.8 Å². The van der Waals surface area contributed by atoms with Gasteiger partial charge in [0.2, 0.25) is 9.05 Å². The summed E-state index contributed by atoms with van der Waals surface area (Å²) in [5.74, 6) is 0. The minimum absolute atomic E-state index is 0.690. The molecule has 0 saturated heterocycles. The third kappa shape index (κ3) is 14.7. The average molecular weight is 244 g/mol. The van der Waals surface area contributed by atoms with Crippen LogP contribution in [0.2, 0.25) is 0 Å². The Morgan fingerprint density at radius 3 is 1.36 bits per heavy atom. The number of nitrogens with zero attached hydrogens (tertiary/aromatic N) is 1. The molecule has 3 nitrogen and oxygen atoms in total. The van der Waals surface area contributed by atoms with Gasteiger partial charge < -0.3 is 0 Å². The van der Waals surface area contributed by atoms with Crippen LogP contribution in [0.1, 0.15) is 34.6 Å². The summed E-state index contributed by atoms with van der Waals surface area (Å²) in [4.78, 5) is 2.46. The molecule has 88 valence electrons. The first-order chi connectivity index (χ1) is 6.09. The van der Waals surface area contributed by atoms with Crippen molar-refractivity contribution in [2.75, 3.05) is 12.8 Å². The topological polar surface area (TPSA) is 37.4 Å². The van der Waals surface area contributed by atoms with Crippen LogP contribution in [0.5, 0.6) is 0 Å². The molecule has 0 radical (unpaired) electrons. The molecular formula is C9H22ClNO2S. The van der Waals surface area contributed by atoms with E-state index in [1.54, 1.807) is 0 Å². The molecule has 0 saturated carbocycles. The molecule has 0 amide bonds. The molecule has 0 N–H and O–H groups in total. The fourth-order valence-corrected chi connectivity index (χ4v) is 1.33. The largest absolute Gasteiger partial charge is 0.299 e. The van der Waals surface area contributed by atoms with Gasteiger partial charge in [-0.3, -0.25) is 4.90 Å². The van der Waals surface area contributed by atoms with Crippen LogP contribution in [0.25, 0.3) is 0 Å². The standard InChI is InChI=1S/C8H19N.CH3ClO2S/c1-6-9(7(2)3)8(4)5;1-5(2,3)4/h7-8H,6H2,1-5H3;1H3. The van der Waals surface area contributed by atoms with Gasteiger partial charge in [-0.15, -0.1) is 0 Å². The van der Waals surface area contributed by atoms with Crippen molar-refractivity contribution in [3.8, 4) is 0 Å². The second kappa shape index (κ2) is 7.49. The summed E-state index contributed by atoms with van der Waals surface area (Å²) in [5, 5.41) is 0. The molecule has 14 heavy (non-hydrogen) atoms. The molecule has 0 aromatic heterocycles. The number of halogens is 1. The highest BCUT2D eigenvalue weighted by molar-refractivity contribution is 8.13. The quantitative estimate of drug-likeness (QED) is 0.714. The molecular weight excluding hydrogens is 222 g/mol. The Morgan fingerprint density at radius 2 is 1.36 bits per heavy atom. The molecule has 0 aliphatic heterocycles. The zero-order valence-electron chi connectivity index (χ0n) is 9.91. The molecule has 0 rings (SSSR count). The first kappa shape index (κ1) is 16.6. The monoisotopic (exact) mass is 243 g/mol. The Balaban J connectivity index is 0. The summed E-state index contributed by atoms with van der Waals surface area (Å²) in [7, 11) is 1.31. The van der Waals surface area contributed by atoms with Crippen LogP contribution in [-0.2, 0) is 9.05 Å². The van der Waals surface area contributed by atoms with Crippen LogP contribution in [0, 0.1) is 0 Å². The van der Waals surface area contributed by atoms with Crippen LogP contribution in [0.15, 0.2) is 0 Å². The van der Waals surface area contributed by atoms with E-state index in [4.69, 9.17) is 0 Å². The van der Waals surface area contributed by atoms with Crippen LogP contribution < -0.4 is 0 Å². The van der Waals surface area contributed by atoms with E-state index in [9.17, 15) is 8.42 Å². The lowest BCUT2D eigenvalue weighted by Gasteiger charge is -2.28. The zero-order chi connectivity index (χ0) is 11.9.